The fourth-order valence-corrected chi connectivity index (χ4v) is 4.63. The smallest absolute Gasteiger partial charge is 0.247 e. The SMILES string of the molecule is O=C1CC(SC2CC(=O)N(c3ccccc3)C2=O)C(=O)N1c1ccccc1. The summed E-state index contributed by atoms with van der Waals surface area (Å²) in [6.07, 6.45) is 0.0589. The van der Waals surface area contributed by atoms with E-state index in [2.05, 4.69) is 0 Å². The molecular weight excluding hydrogens is 364 g/mol. The summed E-state index contributed by atoms with van der Waals surface area (Å²) in [7, 11) is 0. The molecule has 0 radical (unpaired) electrons. The summed E-state index contributed by atoms with van der Waals surface area (Å²) in [4.78, 5) is 52.4. The van der Waals surface area contributed by atoms with Gasteiger partial charge in [0.15, 0.2) is 0 Å². The molecule has 2 atom stereocenters. The van der Waals surface area contributed by atoms with Crippen LogP contribution in [0.5, 0.6) is 0 Å². The molecule has 2 fully saturated rings. The van der Waals surface area contributed by atoms with E-state index in [0.29, 0.717) is 11.4 Å². The number of thioether (sulfide) groups is 1. The molecule has 27 heavy (non-hydrogen) atoms. The number of anilines is 2. The Labute approximate surface area is 160 Å². The summed E-state index contributed by atoms with van der Waals surface area (Å²) >= 11 is 1.11. The van der Waals surface area contributed by atoms with Crippen molar-refractivity contribution in [3.8, 4) is 0 Å². The molecular formula is C20H16N2O4S. The van der Waals surface area contributed by atoms with Crippen molar-refractivity contribution in [1.82, 2.24) is 0 Å². The molecule has 2 saturated heterocycles. The zero-order valence-electron chi connectivity index (χ0n) is 14.3. The summed E-state index contributed by atoms with van der Waals surface area (Å²) in [5.74, 6) is -1.26. The summed E-state index contributed by atoms with van der Waals surface area (Å²) in [5.41, 5.74) is 1.05. The summed E-state index contributed by atoms with van der Waals surface area (Å²) in [5, 5.41) is -1.31. The molecule has 4 amide bonds. The highest BCUT2D eigenvalue weighted by molar-refractivity contribution is 8.02. The molecule has 0 spiro atoms. The highest BCUT2D eigenvalue weighted by atomic mass is 32.2. The molecule has 6 nitrogen and oxygen atoms in total. The number of nitrogens with zero attached hydrogens (tertiary/aromatic N) is 2. The Balaban J connectivity index is 1.50. The van der Waals surface area contributed by atoms with Crippen LogP contribution in [0.25, 0.3) is 0 Å². The van der Waals surface area contributed by atoms with Crippen molar-refractivity contribution < 1.29 is 19.2 Å². The lowest BCUT2D eigenvalue weighted by Crippen LogP contribution is -2.33. The van der Waals surface area contributed by atoms with Gasteiger partial charge in [0.2, 0.25) is 23.6 Å². The average Bonchev–Trinajstić information content (AvgIpc) is 3.11. The number of carbonyl (C=O) groups excluding carboxylic acids is 4. The van der Waals surface area contributed by atoms with Gasteiger partial charge in [-0.2, -0.15) is 0 Å². The lowest BCUT2D eigenvalue weighted by atomic mass is 10.3. The van der Waals surface area contributed by atoms with Gasteiger partial charge in [0.1, 0.15) is 0 Å². The fraction of sp³-hybridized carbons (Fsp3) is 0.200. The van der Waals surface area contributed by atoms with E-state index in [1.165, 1.54) is 0 Å². The maximum absolute atomic E-state index is 12.7. The molecule has 136 valence electrons. The number of hydrogen-bond donors (Lipinski definition) is 0. The molecule has 2 heterocycles. The Bertz CT molecular complexity index is 841. The maximum atomic E-state index is 12.7. The largest absolute Gasteiger partial charge is 0.274 e. The molecule has 0 saturated carbocycles. The van der Waals surface area contributed by atoms with Crippen molar-refractivity contribution >= 4 is 46.8 Å². The Morgan fingerprint density at radius 1 is 0.630 bits per heavy atom. The van der Waals surface area contributed by atoms with Crippen molar-refractivity contribution in [1.29, 1.82) is 0 Å². The van der Waals surface area contributed by atoms with Gasteiger partial charge < -0.3 is 0 Å². The van der Waals surface area contributed by atoms with Crippen molar-refractivity contribution in [3.05, 3.63) is 60.7 Å². The van der Waals surface area contributed by atoms with Gasteiger partial charge in [-0.15, -0.1) is 11.8 Å². The second-order valence-corrected chi connectivity index (χ2v) is 7.74. The van der Waals surface area contributed by atoms with Crippen LogP contribution in [0.3, 0.4) is 0 Å². The quantitative estimate of drug-likeness (QED) is 0.762. The first-order valence-corrected chi connectivity index (χ1v) is 9.49. The van der Waals surface area contributed by atoms with E-state index in [0.717, 1.165) is 21.6 Å². The third kappa shape index (κ3) is 3.14. The van der Waals surface area contributed by atoms with E-state index in [1.807, 2.05) is 12.1 Å². The van der Waals surface area contributed by atoms with Crippen LogP contribution in [0, 0.1) is 0 Å². The van der Waals surface area contributed by atoms with E-state index in [-0.39, 0.29) is 36.5 Å². The minimum absolute atomic E-state index is 0.0295. The van der Waals surface area contributed by atoms with Crippen molar-refractivity contribution in [2.45, 2.75) is 23.3 Å². The predicted molar refractivity (Wildman–Crippen MR) is 102 cm³/mol. The highest BCUT2D eigenvalue weighted by Gasteiger charge is 2.46. The van der Waals surface area contributed by atoms with Crippen LogP contribution in [0.2, 0.25) is 0 Å². The molecule has 0 N–H and O–H groups in total. The first kappa shape index (κ1) is 17.5. The predicted octanol–water partition coefficient (Wildman–Crippen LogP) is 2.38. The van der Waals surface area contributed by atoms with E-state index in [4.69, 9.17) is 0 Å². The molecule has 2 aromatic rings. The first-order valence-electron chi connectivity index (χ1n) is 8.55. The van der Waals surface area contributed by atoms with Crippen molar-refractivity contribution in [2.75, 3.05) is 9.80 Å². The molecule has 2 aliphatic rings. The number of carbonyl (C=O) groups is 4. The zero-order chi connectivity index (χ0) is 19.0. The topological polar surface area (TPSA) is 74.8 Å². The van der Waals surface area contributed by atoms with Crippen LogP contribution in [0.1, 0.15) is 12.8 Å². The number of para-hydroxylation sites is 2. The molecule has 0 aromatic heterocycles. The number of benzene rings is 2. The maximum Gasteiger partial charge on any atom is 0.247 e. The molecule has 4 rings (SSSR count). The van der Waals surface area contributed by atoms with E-state index < -0.39 is 10.5 Å². The molecule has 2 aromatic carbocycles. The lowest BCUT2D eigenvalue weighted by Gasteiger charge is -2.17. The Hall–Kier alpha value is -2.93. The zero-order valence-corrected chi connectivity index (χ0v) is 15.1. The minimum atomic E-state index is -0.657. The van der Waals surface area contributed by atoms with Gasteiger partial charge in [0.25, 0.3) is 0 Å². The van der Waals surface area contributed by atoms with Gasteiger partial charge in [-0.1, -0.05) is 36.4 Å². The Morgan fingerprint density at radius 3 is 1.37 bits per heavy atom. The van der Waals surface area contributed by atoms with Crippen molar-refractivity contribution in [2.24, 2.45) is 0 Å². The van der Waals surface area contributed by atoms with Gasteiger partial charge in [0.05, 0.1) is 21.9 Å². The summed E-state index contributed by atoms with van der Waals surface area (Å²) in [6, 6.07) is 17.4. The monoisotopic (exact) mass is 380 g/mol. The molecule has 0 aliphatic carbocycles. The van der Waals surface area contributed by atoms with Crippen LogP contribution in [-0.2, 0) is 19.2 Å². The Kier molecular flexibility index (Phi) is 4.53. The van der Waals surface area contributed by atoms with Crippen LogP contribution in [-0.4, -0.2) is 34.1 Å². The second kappa shape index (κ2) is 7.00. The van der Waals surface area contributed by atoms with Gasteiger partial charge in [-0.25, -0.2) is 9.80 Å². The lowest BCUT2D eigenvalue weighted by molar-refractivity contribution is -0.122. The van der Waals surface area contributed by atoms with Gasteiger partial charge in [0, 0.05) is 12.8 Å². The minimum Gasteiger partial charge on any atom is -0.274 e. The standard InChI is InChI=1S/C20H16N2O4S/c23-17-11-15(19(25)21(17)13-7-3-1-4-8-13)27-16-12-18(24)22(20(16)26)14-9-5-2-6-10-14/h1-10,15-16H,11-12H2. The van der Waals surface area contributed by atoms with Crippen molar-refractivity contribution in [3.63, 3.8) is 0 Å². The van der Waals surface area contributed by atoms with Crippen LogP contribution in [0.15, 0.2) is 60.7 Å². The number of amides is 4. The summed E-state index contributed by atoms with van der Waals surface area (Å²) in [6.45, 7) is 0. The molecule has 7 heteroatoms. The molecule has 2 unspecified atom stereocenters. The van der Waals surface area contributed by atoms with E-state index in [1.54, 1.807) is 48.5 Å². The van der Waals surface area contributed by atoms with Crippen LogP contribution in [0.4, 0.5) is 11.4 Å². The number of hydrogen-bond acceptors (Lipinski definition) is 5. The second-order valence-electron chi connectivity index (χ2n) is 6.33. The van der Waals surface area contributed by atoms with Crippen LogP contribution >= 0.6 is 11.8 Å². The third-order valence-corrected chi connectivity index (χ3v) is 5.96. The average molecular weight is 380 g/mol. The molecule has 2 aliphatic heterocycles. The van der Waals surface area contributed by atoms with Gasteiger partial charge >= 0.3 is 0 Å². The molecule has 0 bridgehead atoms. The number of imide groups is 2. The first-order chi connectivity index (χ1) is 13.1. The van der Waals surface area contributed by atoms with Gasteiger partial charge in [-0.05, 0) is 24.3 Å². The third-order valence-electron chi connectivity index (χ3n) is 4.57. The normalized spacial score (nSPS) is 22.8. The number of rotatable bonds is 4. The summed E-state index contributed by atoms with van der Waals surface area (Å²) < 4.78 is 0. The van der Waals surface area contributed by atoms with Crippen LogP contribution < -0.4 is 9.80 Å². The van der Waals surface area contributed by atoms with Gasteiger partial charge in [-0.3, -0.25) is 19.2 Å². The Morgan fingerprint density at radius 2 is 1.00 bits per heavy atom. The highest BCUT2D eigenvalue weighted by Crippen LogP contribution is 2.37. The fourth-order valence-electron chi connectivity index (χ4n) is 3.32. The van der Waals surface area contributed by atoms with E-state index in [9.17, 15) is 19.2 Å². The van der Waals surface area contributed by atoms with E-state index >= 15 is 0 Å².